The van der Waals surface area contributed by atoms with Crippen molar-refractivity contribution in [3.8, 4) is 11.5 Å². The predicted octanol–water partition coefficient (Wildman–Crippen LogP) is 4.37. The number of aliphatic hydroxyl groups excluding tert-OH is 1. The summed E-state index contributed by atoms with van der Waals surface area (Å²) in [5, 5.41) is 11.7. The van der Waals surface area contributed by atoms with Crippen molar-refractivity contribution in [1.82, 2.24) is 9.80 Å². The van der Waals surface area contributed by atoms with Crippen LogP contribution in [0, 0.1) is 0 Å². The van der Waals surface area contributed by atoms with Gasteiger partial charge in [-0.1, -0.05) is 44.2 Å². The molecule has 184 valence electrons. The monoisotopic (exact) mass is 478 g/mol. The molecule has 0 saturated heterocycles. The Labute approximate surface area is 204 Å². The molecule has 1 atom stereocenters. The summed E-state index contributed by atoms with van der Waals surface area (Å²) in [6, 6.07) is 13.3. The molecule has 35 heavy (non-hydrogen) atoms. The minimum absolute atomic E-state index is 0.0415. The van der Waals surface area contributed by atoms with Crippen molar-refractivity contribution < 1.29 is 28.6 Å². The van der Waals surface area contributed by atoms with Gasteiger partial charge in [0.15, 0.2) is 23.0 Å². The molecular formula is C27H30N2O6. The van der Waals surface area contributed by atoms with Crippen LogP contribution in [0.5, 0.6) is 11.5 Å². The van der Waals surface area contributed by atoms with Crippen molar-refractivity contribution in [2.45, 2.75) is 19.9 Å². The fraction of sp³-hybridized carbons (Fsp3) is 0.333. The summed E-state index contributed by atoms with van der Waals surface area (Å²) in [6.45, 7) is 6.62. The van der Waals surface area contributed by atoms with Gasteiger partial charge in [0.05, 0.1) is 25.8 Å². The van der Waals surface area contributed by atoms with E-state index < -0.39 is 23.5 Å². The second kappa shape index (κ2) is 10.2. The van der Waals surface area contributed by atoms with Gasteiger partial charge in [0.25, 0.3) is 5.91 Å². The minimum atomic E-state index is -0.871. The number of amides is 1. The number of fused-ring (bicyclic) bond motifs is 1. The summed E-state index contributed by atoms with van der Waals surface area (Å²) in [5.41, 5.74) is 1.05. The number of carbonyl (C=O) groups is 2. The maximum Gasteiger partial charge on any atom is 0.290 e. The van der Waals surface area contributed by atoms with E-state index in [1.807, 2.05) is 32.0 Å². The zero-order valence-corrected chi connectivity index (χ0v) is 20.4. The number of benzene rings is 2. The standard InChI is InChI=1S/C27H30N2O6/c1-5-28(6-2)14-15-29-23(18-11-9-13-20(33-3)26(18)34-4)22(25(31)27(29)32)24(30)21-16-17-10-7-8-12-19(17)35-21/h7-13,16,23,31H,5-6,14-15H2,1-4H3/t23-/m0/s1. The van der Waals surface area contributed by atoms with Gasteiger partial charge < -0.3 is 28.8 Å². The average molecular weight is 479 g/mol. The van der Waals surface area contributed by atoms with Crippen LogP contribution in [0.15, 0.2) is 64.3 Å². The number of nitrogens with zero attached hydrogens (tertiary/aromatic N) is 2. The highest BCUT2D eigenvalue weighted by atomic mass is 16.5. The van der Waals surface area contributed by atoms with Gasteiger partial charge in [-0.25, -0.2) is 0 Å². The summed E-state index contributed by atoms with van der Waals surface area (Å²) in [5.74, 6) is -0.824. The van der Waals surface area contributed by atoms with E-state index in [1.54, 1.807) is 30.3 Å². The van der Waals surface area contributed by atoms with Crippen LogP contribution < -0.4 is 9.47 Å². The fourth-order valence-corrected chi connectivity index (χ4v) is 4.58. The molecule has 1 amide bonds. The molecule has 0 radical (unpaired) electrons. The second-order valence-electron chi connectivity index (χ2n) is 8.25. The zero-order valence-electron chi connectivity index (χ0n) is 20.4. The van der Waals surface area contributed by atoms with Gasteiger partial charge >= 0.3 is 0 Å². The lowest BCUT2D eigenvalue weighted by Gasteiger charge is -2.30. The van der Waals surface area contributed by atoms with Gasteiger partial charge in [0.2, 0.25) is 5.78 Å². The van der Waals surface area contributed by atoms with Gasteiger partial charge in [-0.3, -0.25) is 9.59 Å². The van der Waals surface area contributed by atoms with E-state index in [1.165, 1.54) is 19.1 Å². The first-order valence-electron chi connectivity index (χ1n) is 11.7. The SMILES string of the molecule is CCN(CC)CCN1C(=O)C(O)=C(C(=O)c2cc3ccccc3o2)[C@@H]1c1cccc(OC)c1OC. The van der Waals surface area contributed by atoms with Crippen molar-refractivity contribution in [1.29, 1.82) is 0 Å². The molecule has 1 aliphatic rings. The van der Waals surface area contributed by atoms with E-state index in [0.29, 0.717) is 35.7 Å². The number of ether oxygens (including phenoxy) is 2. The molecule has 4 rings (SSSR count). The molecule has 0 bridgehead atoms. The number of aliphatic hydroxyl groups is 1. The molecule has 1 aromatic heterocycles. The van der Waals surface area contributed by atoms with E-state index in [0.717, 1.165) is 18.5 Å². The second-order valence-corrected chi connectivity index (χ2v) is 8.25. The van der Waals surface area contributed by atoms with Crippen LogP contribution in [0.3, 0.4) is 0 Å². The zero-order chi connectivity index (χ0) is 25.1. The van der Waals surface area contributed by atoms with Crippen molar-refractivity contribution in [2.75, 3.05) is 40.4 Å². The maximum absolute atomic E-state index is 13.7. The molecule has 0 unspecified atom stereocenters. The molecule has 8 heteroatoms. The molecule has 0 spiro atoms. The third-order valence-electron chi connectivity index (χ3n) is 6.48. The van der Waals surface area contributed by atoms with E-state index in [2.05, 4.69) is 4.90 Å². The molecule has 0 aliphatic carbocycles. The van der Waals surface area contributed by atoms with Crippen LogP contribution in [0.1, 0.15) is 36.0 Å². The highest BCUT2D eigenvalue weighted by Gasteiger charge is 2.45. The smallest absolute Gasteiger partial charge is 0.290 e. The molecule has 2 aromatic carbocycles. The number of furan rings is 1. The molecular weight excluding hydrogens is 448 g/mol. The highest BCUT2D eigenvalue weighted by molar-refractivity contribution is 6.16. The molecule has 3 aromatic rings. The van der Waals surface area contributed by atoms with Crippen molar-refractivity contribution >= 4 is 22.7 Å². The first-order valence-corrected chi connectivity index (χ1v) is 11.7. The van der Waals surface area contributed by atoms with Gasteiger partial charge in [-0.15, -0.1) is 0 Å². The number of methoxy groups -OCH3 is 2. The third kappa shape index (κ3) is 4.37. The number of carbonyl (C=O) groups excluding carboxylic acids is 2. The molecule has 0 saturated carbocycles. The highest BCUT2D eigenvalue weighted by Crippen LogP contribution is 2.45. The quantitative estimate of drug-likeness (QED) is 0.433. The molecule has 1 N–H and O–H groups in total. The summed E-state index contributed by atoms with van der Waals surface area (Å²) >= 11 is 0. The van der Waals surface area contributed by atoms with E-state index in [-0.39, 0.29) is 11.3 Å². The number of likely N-dealkylation sites (N-methyl/N-ethyl adjacent to an activating group) is 1. The van der Waals surface area contributed by atoms with Crippen molar-refractivity contribution in [3.05, 3.63) is 71.2 Å². The average Bonchev–Trinajstić information content (AvgIpc) is 3.43. The number of ketones is 1. The topological polar surface area (TPSA) is 92.5 Å². The lowest BCUT2D eigenvalue weighted by atomic mass is 9.94. The Bertz CT molecular complexity index is 1240. The normalized spacial score (nSPS) is 16.0. The predicted molar refractivity (Wildman–Crippen MR) is 132 cm³/mol. The Kier molecular flexibility index (Phi) is 7.12. The van der Waals surface area contributed by atoms with Crippen LogP contribution in [0.25, 0.3) is 11.0 Å². The third-order valence-corrected chi connectivity index (χ3v) is 6.48. The lowest BCUT2D eigenvalue weighted by Crippen LogP contribution is -2.38. The van der Waals surface area contributed by atoms with Gasteiger partial charge in [0, 0.05) is 24.0 Å². The van der Waals surface area contributed by atoms with Crippen LogP contribution in [0.4, 0.5) is 0 Å². The van der Waals surface area contributed by atoms with Crippen molar-refractivity contribution in [3.63, 3.8) is 0 Å². The van der Waals surface area contributed by atoms with Gasteiger partial charge in [-0.2, -0.15) is 0 Å². The number of Topliss-reactive ketones (excluding diaryl/α,β-unsaturated/α-hetero) is 1. The minimum Gasteiger partial charge on any atom is -0.503 e. The van der Waals surface area contributed by atoms with Crippen LogP contribution in [-0.2, 0) is 4.79 Å². The van der Waals surface area contributed by atoms with E-state index in [4.69, 9.17) is 13.9 Å². The number of hydrogen-bond acceptors (Lipinski definition) is 7. The Morgan fingerprint density at radius 2 is 1.83 bits per heavy atom. The molecule has 8 nitrogen and oxygen atoms in total. The van der Waals surface area contributed by atoms with Crippen LogP contribution in [0.2, 0.25) is 0 Å². The van der Waals surface area contributed by atoms with Gasteiger partial charge in [-0.05, 0) is 31.3 Å². The summed E-state index contributed by atoms with van der Waals surface area (Å²) in [4.78, 5) is 30.7. The van der Waals surface area contributed by atoms with Crippen LogP contribution in [-0.4, -0.2) is 67.0 Å². The lowest BCUT2D eigenvalue weighted by molar-refractivity contribution is -0.129. The Balaban J connectivity index is 1.83. The number of rotatable bonds is 10. The van der Waals surface area contributed by atoms with Crippen molar-refractivity contribution in [2.24, 2.45) is 0 Å². The molecule has 2 heterocycles. The molecule has 1 aliphatic heterocycles. The Morgan fingerprint density at radius 3 is 2.49 bits per heavy atom. The maximum atomic E-state index is 13.7. The van der Waals surface area contributed by atoms with Gasteiger partial charge in [0.1, 0.15) is 5.58 Å². The fourth-order valence-electron chi connectivity index (χ4n) is 4.58. The van der Waals surface area contributed by atoms with E-state index in [9.17, 15) is 14.7 Å². The molecule has 0 fully saturated rings. The van der Waals surface area contributed by atoms with Crippen LogP contribution >= 0.6 is 0 Å². The Morgan fingerprint density at radius 1 is 1.09 bits per heavy atom. The number of para-hydroxylation sites is 2. The first-order chi connectivity index (χ1) is 16.9. The summed E-state index contributed by atoms with van der Waals surface area (Å²) in [6.07, 6.45) is 0. The largest absolute Gasteiger partial charge is 0.503 e. The first kappa shape index (κ1) is 24.3. The van der Waals surface area contributed by atoms with E-state index >= 15 is 0 Å². The summed E-state index contributed by atoms with van der Waals surface area (Å²) in [7, 11) is 3.02. The number of hydrogen-bond donors (Lipinski definition) is 1. The Hall–Kier alpha value is -3.78. The summed E-state index contributed by atoms with van der Waals surface area (Å²) < 4.78 is 16.9.